The van der Waals surface area contributed by atoms with Crippen LogP contribution in [0.3, 0.4) is 0 Å². The lowest BCUT2D eigenvalue weighted by atomic mass is 9.97. The Morgan fingerprint density at radius 3 is 2.68 bits per heavy atom. The van der Waals surface area contributed by atoms with Gasteiger partial charge in [0.1, 0.15) is 5.75 Å². The molecule has 2 aliphatic rings. The molecule has 2 aromatic carbocycles. The first-order chi connectivity index (χ1) is 16.5. The van der Waals surface area contributed by atoms with Gasteiger partial charge in [0.15, 0.2) is 0 Å². The number of hydrogen-bond acceptors (Lipinski definition) is 6. The van der Waals surface area contributed by atoms with Gasteiger partial charge in [-0.25, -0.2) is 5.01 Å². The summed E-state index contributed by atoms with van der Waals surface area (Å²) in [6.45, 7) is 3.62. The summed E-state index contributed by atoms with van der Waals surface area (Å²) in [6.07, 6.45) is 2.16. The lowest BCUT2D eigenvalue weighted by Gasteiger charge is -2.32. The van der Waals surface area contributed by atoms with Gasteiger partial charge in [0, 0.05) is 29.1 Å². The van der Waals surface area contributed by atoms with Crippen molar-refractivity contribution in [3.8, 4) is 5.75 Å². The van der Waals surface area contributed by atoms with Crippen molar-refractivity contribution in [2.45, 2.75) is 32.2 Å². The van der Waals surface area contributed by atoms with Gasteiger partial charge in [-0.15, -0.1) is 0 Å². The fourth-order valence-corrected chi connectivity index (χ4v) is 4.94. The number of carbonyl (C=O) groups is 2. The van der Waals surface area contributed by atoms with E-state index in [1.165, 1.54) is 0 Å². The van der Waals surface area contributed by atoms with E-state index in [1.54, 1.807) is 12.1 Å². The van der Waals surface area contributed by atoms with Crippen molar-refractivity contribution in [1.29, 1.82) is 0 Å². The monoisotopic (exact) mass is 483 g/mol. The van der Waals surface area contributed by atoms with Gasteiger partial charge in [-0.3, -0.25) is 14.5 Å². The summed E-state index contributed by atoms with van der Waals surface area (Å²) in [5, 5.41) is 6.90. The molecule has 0 spiro atoms. The van der Waals surface area contributed by atoms with Crippen LogP contribution in [0.15, 0.2) is 53.6 Å². The number of ether oxygens (including phenoxy) is 2. The number of hydrazone groups is 1. The first-order valence-corrected chi connectivity index (χ1v) is 12.1. The molecule has 0 bridgehead atoms. The molecule has 2 aliphatic heterocycles. The van der Waals surface area contributed by atoms with Crippen molar-refractivity contribution in [3.05, 3.63) is 64.7 Å². The average molecular weight is 484 g/mol. The molecule has 34 heavy (non-hydrogen) atoms. The Hall–Kier alpha value is -2.90. The van der Waals surface area contributed by atoms with E-state index in [4.69, 9.17) is 26.2 Å². The number of carbonyl (C=O) groups excluding carboxylic acids is 2. The standard InChI is InChI=1S/C26H30ClN3O4/c1-3-34-26(32)18-9-8-14-29(16-18)17-25(31)30-23(20-11-5-7-13-24(20)33-2)15-22(28-30)19-10-4-6-12-21(19)27/h4-7,10-13,18,23H,3,8-9,14-17H2,1-2H3. The number of benzene rings is 2. The lowest BCUT2D eigenvalue weighted by molar-refractivity contribution is -0.150. The third-order valence-corrected chi connectivity index (χ3v) is 6.66. The predicted octanol–water partition coefficient (Wildman–Crippen LogP) is 4.30. The van der Waals surface area contributed by atoms with Crippen LogP contribution in [-0.2, 0) is 14.3 Å². The topological polar surface area (TPSA) is 71.4 Å². The predicted molar refractivity (Wildman–Crippen MR) is 131 cm³/mol. The summed E-state index contributed by atoms with van der Waals surface area (Å²) >= 11 is 6.45. The lowest BCUT2D eigenvalue weighted by Crippen LogP contribution is -2.44. The van der Waals surface area contributed by atoms with Crippen LogP contribution in [0, 0.1) is 5.92 Å². The highest BCUT2D eigenvalue weighted by Gasteiger charge is 2.36. The van der Waals surface area contributed by atoms with E-state index < -0.39 is 0 Å². The van der Waals surface area contributed by atoms with Crippen LogP contribution in [0.2, 0.25) is 5.02 Å². The smallest absolute Gasteiger partial charge is 0.310 e. The third-order valence-electron chi connectivity index (χ3n) is 6.33. The number of para-hydroxylation sites is 1. The fraction of sp³-hybridized carbons (Fsp3) is 0.423. The van der Waals surface area contributed by atoms with E-state index in [9.17, 15) is 9.59 Å². The number of esters is 1. The molecule has 2 heterocycles. The minimum Gasteiger partial charge on any atom is -0.496 e. The molecule has 0 saturated carbocycles. The van der Waals surface area contributed by atoms with Gasteiger partial charge >= 0.3 is 5.97 Å². The van der Waals surface area contributed by atoms with Crippen molar-refractivity contribution in [3.63, 3.8) is 0 Å². The third kappa shape index (κ3) is 5.26. The van der Waals surface area contributed by atoms with Gasteiger partial charge < -0.3 is 9.47 Å². The zero-order valence-electron chi connectivity index (χ0n) is 19.6. The number of hydrogen-bond donors (Lipinski definition) is 0. The van der Waals surface area contributed by atoms with Crippen LogP contribution >= 0.6 is 11.6 Å². The molecule has 4 rings (SSSR count). The second-order valence-electron chi connectivity index (χ2n) is 8.55. The molecule has 2 unspecified atom stereocenters. The fourth-order valence-electron chi connectivity index (χ4n) is 4.70. The summed E-state index contributed by atoms with van der Waals surface area (Å²) in [7, 11) is 1.62. The van der Waals surface area contributed by atoms with Crippen molar-refractivity contribution < 1.29 is 19.1 Å². The molecule has 1 fully saturated rings. The molecule has 1 amide bonds. The van der Waals surface area contributed by atoms with Crippen LogP contribution in [0.4, 0.5) is 0 Å². The Bertz CT molecular complexity index is 1070. The highest BCUT2D eigenvalue weighted by molar-refractivity contribution is 6.34. The summed E-state index contributed by atoms with van der Waals surface area (Å²) in [6, 6.07) is 14.9. The Balaban J connectivity index is 1.58. The van der Waals surface area contributed by atoms with Crippen LogP contribution < -0.4 is 4.74 Å². The van der Waals surface area contributed by atoms with E-state index in [1.807, 2.05) is 60.4 Å². The molecule has 1 saturated heterocycles. The van der Waals surface area contributed by atoms with E-state index in [0.717, 1.165) is 36.2 Å². The van der Waals surface area contributed by atoms with Gasteiger partial charge in [-0.05, 0) is 38.4 Å². The average Bonchev–Trinajstić information content (AvgIpc) is 3.30. The maximum absolute atomic E-state index is 13.5. The number of nitrogens with zero attached hydrogens (tertiary/aromatic N) is 3. The Morgan fingerprint density at radius 2 is 1.91 bits per heavy atom. The quantitative estimate of drug-likeness (QED) is 0.549. The molecule has 0 N–H and O–H groups in total. The first kappa shape index (κ1) is 24.2. The van der Waals surface area contributed by atoms with Gasteiger partial charge in [0.05, 0.1) is 37.9 Å². The van der Waals surface area contributed by atoms with Crippen molar-refractivity contribution in [2.24, 2.45) is 11.0 Å². The molecular weight excluding hydrogens is 454 g/mol. The minimum absolute atomic E-state index is 0.123. The summed E-state index contributed by atoms with van der Waals surface area (Å²) in [5.74, 6) is 0.197. The van der Waals surface area contributed by atoms with E-state index in [-0.39, 0.29) is 30.4 Å². The van der Waals surface area contributed by atoms with Crippen molar-refractivity contribution in [2.75, 3.05) is 33.4 Å². The zero-order valence-corrected chi connectivity index (χ0v) is 20.3. The second kappa shape index (κ2) is 11.0. The molecule has 0 aromatic heterocycles. The largest absolute Gasteiger partial charge is 0.496 e. The second-order valence-corrected chi connectivity index (χ2v) is 8.96. The van der Waals surface area contributed by atoms with Gasteiger partial charge in [-0.2, -0.15) is 5.10 Å². The number of methoxy groups -OCH3 is 1. The maximum atomic E-state index is 13.5. The SMILES string of the molecule is CCOC(=O)C1CCCN(CC(=O)N2N=C(c3ccccc3Cl)CC2c2ccccc2OC)C1. The van der Waals surface area contributed by atoms with Crippen LogP contribution in [0.5, 0.6) is 5.75 Å². The number of halogens is 1. The van der Waals surface area contributed by atoms with E-state index in [0.29, 0.717) is 30.3 Å². The molecule has 0 radical (unpaired) electrons. The van der Waals surface area contributed by atoms with Gasteiger partial charge in [0.25, 0.3) is 5.91 Å². The Labute approximate surface area is 205 Å². The highest BCUT2D eigenvalue weighted by Crippen LogP contribution is 2.38. The molecule has 2 atom stereocenters. The molecule has 8 heteroatoms. The van der Waals surface area contributed by atoms with Gasteiger partial charge in [-0.1, -0.05) is 48.0 Å². The van der Waals surface area contributed by atoms with Crippen LogP contribution in [-0.4, -0.2) is 60.8 Å². The molecule has 180 valence electrons. The molecule has 7 nitrogen and oxygen atoms in total. The van der Waals surface area contributed by atoms with E-state index >= 15 is 0 Å². The van der Waals surface area contributed by atoms with Crippen LogP contribution in [0.1, 0.15) is 43.4 Å². The number of piperidine rings is 1. The highest BCUT2D eigenvalue weighted by atomic mass is 35.5. The minimum atomic E-state index is -0.305. The van der Waals surface area contributed by atoms with Crippen LogP contribution in [0.25, 0.3) is 0 Å². The summed E-state index contributed by atoms with van der Waals surface area (Å²) < 4.78 is 10.8. The molecular formula is C26H30ClN3O4. The summed E-state index contributed by atoms with van der Waals surface area (Å²) in [5.41, 5.74) is 2.48. The normalized spacial score (nSPS) is 20.7. The Morgan fingerprint density at radius 1 is 1.15 bits per heavy atom. The van der Waals surface area contributed by atoms with Gasteiger partial charge in [0.2, 0.25) is 0 Å². The first-order valence-electron chi connectivity index (χ1n) is 11.7. The Kier molecular flexibility index (Phi) is 7.85. The summed E-state index contributed by atoms with van der Waals surface area (Å²) in [4.78, 5) is 27.8. The van der Waals surface area contributed by atoms with E-state index in [2.05, 4.69) is 0 Å². The number of likely N-dealkylation sites (tertiary alicyclic amines) is 1. The van der Waals surface area contributed by atoms with Crippen molar-refractivity contribution >= 4 is 29.2 Å². The number of amides is 1. The number of rotatable bonds is 7. The molecule has 0 aliphatic carbocycles. The molecule has 2 aromatic rings. The zero-order chi connectivity index (χ0) is 24.1. The maximum Gasteiger partial charge on any atom is 0.310 e. The van der Waals surface area contributed by atoms with Crippen molar-refractivity contribution in [1.82, 2.24) is 9.91 Å².